The lowest BCUT2D eigenvalue weighted by Gasteiger charge is -2.37. The van der Waals surface area contributed by atoms with Crippen molar-refractivity contribution in [2.75, 3.05) is 6.61 Å². The van der Waals surface area contributed by atoms with E-state index >= 15 is 0 Å². The predicted molar refractivity (Wildman–Crippen MR) is 146 cm³/mol. The molecular weight excluding hydrogens is 527 g/mol. The molecule has 1 atom stereocenters. The standard InChI is InChI=1S/C31H31FN4O5/c1-31(15-27-35-29-25(14-26(41-29)30(37)38)36(27)17-22-9-12-39-22)10-7-20(8-11-31)24-3-2-4-28(34-24)40-18-21-6-5-19(16-33)13-23(21)32/h2-6,13-14,20,22H,7-12,15,17-18H2,1H3,(H,37,38)/t20?,22-,31?/m0/s1. The number of fused-ring (bicyclic) bond motifs is 1. The number of carboxylic acid groups (broad SMARTS) is 1. The zero-order valence-corrected chi connectivity index (χ0v) is 22.8. The maximum absolute atomic E-state index is 14.2. The van der Waals surface area contributed by atoms with E-state index in [-0.39, 0.29) is 35.4 Å². The summed E-state index contributed by atoms with van der Waals surface area (Å²) in [6.07, 6.45) is 5.72. The molecule has 0 bridgehead atoms. The summed E-state index contributed by atoms with van der Waals surface area (Å²) in [4.78, 5) is 20.9. The molecule has 4 aromatic rings. The van der Waals surface area contributed by atoms with Gasteiger partial charge in [0.1, 0.15) is 23.8 Å². The molecule has 1 N–H and O–H groups in total. The van der Waals surface area contributed by atoms with Gasteiger partial charge in [-0.2, -0.15) is 10.2 Å². The van der Waals surface area contributed by atoms with E-state index in [4.69, 9.17) is 29.1 Å². The number of carboxylic acids is 1. The van der Waals surface area contributed by atoms with Gasteiger partial charge in [-0.25, -0.2) is 14.2 Å². The molecule has 4 heterocycles. The second-order valence-corrected chi connectivity index (χ2v) is 11.4. The molecule has 10 heteroatoms. The van der Waals surface area contributed by atoms with Crippen molar-refractivity contribution in [2.45, 2.75) is 70.6 Å². The topological polar surface area (TPSA) is 123 Å². The Morgan fingerprint density at radius 1 is 1.22 bits per heavy atom. The van der Waals surface area contributed by atoms with Crippen LogP contribution < -0.4 is 4.74 Å². The number of aromatic nitrogens is 3. The smallest absolute Gasteiger partial charge is 0.371 e. The fourth-order valence-corrected chi connectivity index (χ4v) is 5.83. The molecule has 1 aliphatic heterocycles. The van der Waals surface area contributed by atoms with Gasteiger partial charge in [0.25, 0.3) is 0 Å². The van der Waals surface area contributed by atoms with Crippen LogP contribution in [0.2, 0.25) is 0 Å². The number of ether oxygens (including phenoxy) is 2. The predicted octanol–water partition coefficient (Wildman–Crippen LogP) is 6.01. The van der Waals surface area contributed by atoms with Crippen LogP contribution in [0.15, 0.2) is 46.9 Å². The summed E-state index contributed by atoms with van der Waals surface area (Å²) in [5.74, 6) is -0.0482. The van der Waals surface area contributed by atoms with E-state index in [1.165, 1.54) is 6.07 Å². The largest absolute Gasteiger partial charge is 0.475 e. The minimum atomic E-state index is -1.11. The van der Waals surface area contributed by atoms with Crippen LogP contribution in [0.1, 0.15) is 78.1 Å². The van der Waals surface area contributed by atoms with Crippen LogP contribution in [0.4, 0.5) is 4.39 Å². The lowest BCUT2D eigenvalue weighted by atomic mass is 9.69. The van der Waals surface area contributed by atoms with E-state index in [1.807, 2.05) is 18.2 Å². The van der Waals surface area contributed by atoms with Crippen molar-refractivity contribution in [1.82, 2.24) is 14.5 Å². The van der Waals surface area contributed by atoms with Crippen molar-refractivity contribution >= 4 is 17.2 Å². The first-order valence-corrected chi connectivity index (χ1v) is 13.9. The molecule has 2 aliphatic rings. The Bertz CT molecular complexity index is 1630. The summed E-state index contributed by atoms with van der Waals surface area (Å²) < 4.78 is 33.3. The van der Waals surface area contributed by atoms with Gasteiger partial charge in [-0.15, -0.1) is 0 Å². The zero-order valence-electron chi connectivity index (χ0n) is 22.8. The zero-order chi connectivity index (χ0) is 28.6. The third-order valence-electron chi connectivity index (χ3n) is 8.42. The van der Waals surface area contributed by atoms with Crippen molar-refractivity contribution in [3.05, 3.63) is 76.7 Å². The number of aromatic carboxylic acids is 1. The number of nitrogens with zero attached hydrogens (tertiary/aromatic N) is 4. The molecule has 0 unspecified atom stereocenters. The SMILES string of the molecule is CC1(Cc2nc3oc(C(=O)O)cc3n2C[C@@H]2CCO2)CCC(c2cccc(OCc3ccc(C#N)cc3F)n2)CC1. The molecule has 3 aromatic heterocycles. The number of carbonyl (C=O) groups is 1. The summed E-state index contributed by atoms with van der Waals surface area (Å²) in [6.45, 7) is 3.69. The molecule has 1 aromatic carbocycles. The molecular formula is C31H31FN4O5. The normalized spacial score (nSPS) is 22.3. The number of benzene rings is 1. The van der Waals surface area contributed by atoms with Crippen LogP contribution in [0.25, 0.3) is 11.2 Å². The highest BCUT2D eigenvalue weighted by molar-refractivity contribution is 5.89. The number of halogens is 1. The first kappa shape index (κ1) is 27.0. The van der Waals surface area contributed by atoms with Crippen LogP contribution in [0, 0.1) is 22.6 Å². The van der Waals surface area contributed by atoms with Gasteiger partial charge >= 0.3 is 5.97 Å². The van der Waals surface area contributed by atoms with Gasteiger partial charge in [-0.05, 0) is 55.7 Å². The number of rotatable bonds is 9. The van der Waals surface area contributed by atoms with E-state index in [0.717, 1.165) is 56.7 Å². The molecule has 9 nitrogen and oxygen atoms in total. The average Bonchev–Trinajstić information content (AvgIpc) is 3.48. The molecule has 212 valence electrons. The molecule has 0 spiro atoms. The monoisotopic (exact) mass is 558 g/mol. The molecule has 0 amide bonds. The Hall–Kier alpha value is -4.23. The van der Waals surface area contributed by atoms with Crippen molar-refractivity contribution in [2.24, 2.45) is 5.41 Å². The van der Waals surface area contributed by atoms with E-state index in [9.17, 15) is 14.3 Å². The van der Waals surface area contributed by atoms with E-state index < -0.39 is 11.8 Å². The van der Waals surface area contributed by atoms with Gasteiger partial charge < -0.3 is 23.6 Å². The Labute approximate surface area is 236 Å². The van der Waals surface area contributed by atoms with Gasteiger partial charge in [-0.3, -0.25) is 0 Å². The van der Waals surface area contributed by atoms with Crippen molar-refractivity contribution in [1.29, 1.82) is 5.26 Å². The molecule has 0 radical (unpaired) electrons. The minimum absolute atomic E-state index is 0.0222. The van der Waals surface area contributed by atoms with Crippen LogP contribution >= 0.6 is 0 Å². The molecule has 1 saturated carbocycles. The molecule has 2 fully saturated rings. The Kier molecular flexibility index (Phi) is 7.22. The second-order valence-electron chi connectivity index (χ2n) is 11.4. The highest BCUT2D eigenvalue weighted by atomic mass is 19.1. The summed E-state index contributed by atoms with van der Waals surface area (Å²) in [7, 11) is 0. The lowest BCUT2D eigenvalue weighted by Crippen LogP contribution is -2.33. The van der Waals surface area contributed by atoms with Gasteiger partial charge in [0, 0.05) is 42.3 Å². The summed E-state index contributed by atoms with van der Waals surface area (Å²) in [6, 6.07) is 13.5. The van der Waals surface area contributed by atoms with E-state index in [2.05, 4.69) is 11.5 Å². The van der Waals surface area contributed by atoms with Gasteiger partial charge in [0.2, 0.25) is 17.4 Å². The summed E-state index contributed by atoms with van der Waals surface area (Å²) in [5, 5.41) is 18.3. The van der Waals surface area contributed by atoms with Crippen LogP contribution in [0.3, 0.4) is 0 Å². The number of furan rings is 1. The van der Waals surface area contributed by atoms with Crippen molar-refractivity contribution in [3.8, 4) is 11.9 Å². The average molecular weight is 559 g/mol. The number of imidazole rings is 1. The highest BCUT2D eigenvalue weighted by Gasteiger charge is 2.35. The van der Waals surface area contributed by atoms with Gasteiger partial charge in [0.05, 0.1) is 24.3 Å². The lowest BCUT2D eigenvalue weighted by molar-refractivity contribution is -0.0591. The van der Waals surface area contributed by atoms with Crippen LogP contribution in [0.5, 0.6) is 5.88 Å². The molecule has 41 heavy (non-hydrogen) atoms. The van der Waals surface area contributed by atoms with E-state index in [1.54, 1.807) is 24.3 Å². The van der Waals surface area contributed by atoms with Gasteiger partial charge in [-0.1, -0.05) is 19.1 Å². The minimum Gasteiger partial charge on any atom is -0.475 e. The maximum atomic E-state index is 14.2. The Balaban J connectivity index is 1.11. The summed E-state index contributed by atoms with van der Waals surface area (Å²) >= 11 is 0. The van der Waals surface area contributed by atoms with E-state index in [0.29, 0.717) is 29.2 Å². The van der Waals surface area contributed by atoms with Crippen LogP contribution in [-0.4, -0.2) is 38.3 Å². The maximum Gasteiger partial charge on any atom is 0.371 e. The first-order valence-electron chi connectivity index (χ1n) is 13.9. The first-order chi connectivity index (χ1) is 19.8. The quantitative estimate of drug-likeness (QED) is 0.265. The fraction of sp³-hybridized carbons (Fsp3) is 0.419. The summed E-state index contributed by atoms with van der Waals surface area (Å²) in [5.41, 5.74) is 2.69. The second kappa shape index (κ2) is 11.0. The molecule has 6 rings (SSSR count). The Morgan fingerprint density at radius 2 is 2.02 bits per heavy atom. The van der Waals surface area contributed by atoms with Crippen molar-refractivity contribution in [3.63, 3.8) is 0 Å². The van der Waals surface area contributed by atoms with Crippen molar-refractivity contribution < 1.29 is 28.2 Å². The molecule has 1 aliphatic carbocycles. The van der Waals surface area contributed by atoms with Crippen LogP contribution in [-0.2, 0) is 24.3 Å². The third kappa shape index (κ3) is 5.68. The molecule has 1 saturated heterocycles. The van der Waals surface area contributed by atoms with Gasteiger partial charge in [0.15, 0.2) is 0 Å². The number of hydrogen-bond donors (Lipinski definition) is 1. The Morgan fingerprint density at radius 3 is 2.71 bits per heavy atom. The number of hydrogen-bond acceptors (Lipinski definition) is 7. The fourth-order valence-electron chi connectivity index (χ4n) is 5.83. The third-order valence-corrected chi connectivity index (χ3v) is 8.42. The highest BCUT2D eigenvalue weighted by Crippen LogP contribution is 2.45. The number of pyridine rings is 1. The number of nitriles is 1.